The van der Waals surface area contributed by atoms with Gasteiger partial charge in [-0.15, -0.1) is 0 Å². The van der Waals surface area contributed by atoms with Crippen molar-refractivity contribution < 1.29 is 14.7 Å². The average molecular weight is 342 g/mol. The second-order valence-corrected chi connectivity index (χ2v) is 5.93. The Labute approximate surface area is 146 Å². The van der Waals surface area contributed by atoms with Gasteiger partial charge in [0.1, 0.15) is 6.04 Å². The number of aryl methyl sites for hydroxylation is 1. The van der Waals surface area contributed by atoms with E-state index in [1.807, 2.05) is 6.92 Å². The molecule has 25 heavy (non-hydrogen) atoms. The van der Waals surface area contributed by atoms with Crippen LogP contribution in [0.4, 0.5) is 0 Å². The molecule has 132 valence electrons. The number of nitrogens with zero attached hydrogens (tertiary/aromatic N) is 1. The molecular formula is C19H22N2O4. The Morgan fingerprint density at radius 2 is 1.88 bits per heavy atom. The smallest absolute Gasteiger partial charge is 0.335 e. The molecule has 6 nitrogen and oxygen atoms in total. The molecule has 0 fully saturated rings. The zero-order chi connectivity index (χ0) is 18.4. The molecule has 1 unspecified atom stereocenters. The van der Waals surface area contributed by atoms with Crippen molar-refractivity contribution >= 4 is 11.9 Å². The minimum atomic E-state index is -0.989. The van der Waals surface area contributed by atoms with E-state index in [9.17, 15) is 14.4 Å². The Morgan fingerprint density at radius 1 is 1.20 bits per heavy atom. The van der Waals surface area contributed by atoms with E-state index in [4.69, 9.17) is 5.11 Å². The van der Waals surface area contributed by atoms with Gasteiger partial charge in [0, 0.05) is 18.3 Å². The maximum absolute atomic E-state index is 12.6. The lowest BCUT2D eigenvalue weighted by Gasteiger charge is -2.19. The van der Waals surface area contributed by atoms with Crippen molar-refractivity contribution in [1.29, 1.82) is 0 Å². The summed E-state index contributed by atoms with van der Waals surface area (Å²) in [6, 6.07) is 9.25. The van der Waals surface area contributed by atoms with E-state index in [-0.39, 0.29) is 23.6 Å². The Hall–Kier alpha value is -2.89. The van der Waals surface area contributed by atoms with Gasteiger partial charge in [-0.3, -0.25) is 9.59 Å². The number of carboxylic acid groups (broad SMARTS) is 1. The lowest BCUT2D eigenvalue weighted by molar-refractivity contribution is -0.124. The zero-order valence-electron chi connectivity index (χ0n) is 14.4. The van der Waals surface area contributed by atoms with Crippen molar-refractivity contribution in [3.8, 4) is 0 Å². The van der Waals surface area contributed by atoms with Crippen molar-refractivity contribution in [2.24, 2.45) is 0 Å². The molecule has 0 spiro atoms. The van der Waals surface area contributed by atoms with E-state index in [0.717, 1.165) is 12.0 Å². The number of hydrogen-bond donors (Lipinski definition) is 2. The predicted molar refractivity (Wildman–Crippen MR) is 94.6 cm³/mol. The Morgan fingerprint density at radius 3 is 2.48 bits per heavy atom. The number of amides is 1. The minimum Gasteiger partial charge on any atom is -0.478 e. The predicted octanol–water partition coefficient (Wildman–Crippen LogP) is 2.51. The van der Waals surface area contributed by atoms with Crippen molar-refractivity contribution in [1.82, 2.24) is 9.88 Å². The highest BCUT2D eigenvalue weighted by atomic mass is 16.4. The number of rotatable bonds is 7. The molecule has 6 heteroatoms. The van der Waals surface area contributed by atoms with Crippen molar-refractivity contribution in [3.63, 3.8) is 0 Å². The van der Waals surface area contributed by atoms with Crippen LogP contribution < -0.4 is 10.9 Å². The molecule has 0 aliphatic rings. The van der Waals surface area contributed by atoms with Gasteiger partial charge in [-0.2, -0.15) is 0 Å². The van der Waals surface area contributed by atoms with Crippen LogP contribution >= 0.6 is 0 Å². The van der Waals surface area contributed by atoms with Crippen LogP contribution in [0.2, 0.25) is 0 Å². The number of aromatic nitrogens is 1. The second kappa shape index (κ2) is 8.28. The van der Waals surface area contributed by atoms with Crippen LogP contribution in [0.1, 0.15) is 47.3 Å². The van der Waals surface area contributed by atoms with Gasteiger partial charge in [0.15, 0.2) is 0 Å². The summed E-state index contributed by atoms with van der Waals surface area (Å²) in [4.78, 5) is 35.7. The molecule has 2 N–H and O–H groups in total. The van der Waals surface area contributed by atoms with E-state index < -0.39 is 12.0 Å². The third kappa shape index (κ3) is 4.56. The van der Waals surface area contributed by atoms with Crippen molar-refractivity contribution in [2.45, 2.75) is 39.3 Å². The van der Waals surface area contributed by atoms with E-state index in [0.29, 0.717) is 12.0 Å². The first-order valence-electron chi connectivity index (χ1n) is 8.21. The molecule has 0 aliphatic heterocycles. The first kappa shape index (κ1) is 18.4. The number of carbonyl (C=O) groups excluding carboxylic acids is 1. The lowest BCUT2D eigenvalue weighted by atomic mass is 10.1. The lowest BCUT2D eigenvalue weighted by Crippen LogP contribution is -2.37. The summed E-state index contributed by atoms with van der Waals surface area (Å²) in [6.45, 7) is 3.97. The molecule has 0 radical (unpaired) electrons. The summed E-state index contributed by atoms with van der Waals surface area (Å²) in [5, 5.41) is 11.7. The first-order chi connectivity index (χ1) is 11.9. The molecule has 2 aromatic rings. The largest absolute Gasteiger partial charge is 0.478 e. The van der Waals surface area contributed by atoms with Crippen LogP contribution in [0, 0.1) is 6.92 Å². The Bertz CT molecular complexity index is 809. The van der Waals surface area contributed by atoms with E-state index >= 15 is 0 Å². The van der Waals surface area contributed by atoms with Gasteiger partial charge in [-0.25, -0.2) is 4.79 Å². The summed E-state index contributed by atoms with van der Waals surface area (Å²) < 4.78 is 1.47. The number of benzene rings is 1. The Kier molecular flexibility index (Phi) is 6.11. The summed E-state index contributed by atoms with van der Waals surface area (Å²) in [5.74, 6) is -1.21. The SMILES string of the molecule is CCCC(C(=O)NCc1ccc(C(=O)O)cc1)n1cccc(C)c1=O. The fourth-order valence-electron chi connectivity index (χ4n) is 2.61. The highest BCUT2D eigenvalue weighted by molar-refractivity contribution is 5.87. The third-order valence-corrected chi connectivity index (χ3v) is 4.03. The molecule has 1 aromatic carbocycles. The average Bonchev–Trinajstić information content (AvgIpc) is 2.60. The molecule has 1 aromatic heterocycles. The molecule has 0 bridgehead atoms. The zero-order valence-corrected chi connectivity index (χ0v) is 14.4. The van der Waals surface area contributed by atoms with Gasteiger partial charge >= 0.3 is 5.97 Å². The second-order valence-electron chi connectivity index (χ2n) is 5.93. The van der Waals surface area contributed by atoms with E-state index in [2.05, 4.69) is 5.32 Å². The van der Waals surface area contributed by atoms with Gasteiger partial charge in [-0.1, -0.05) is 31.5 Å². The number of nitrogens with one attached hydrogen (secondary N) is 1. The summed E-state index contributed by atoms with van der Waals surface area (Å²) in [6.07, 6.45) is 2.97. The normalized spacial score (nSPS) is 11.8. The molecular weight excluding hydrogens is 320 g/mol. The molecule has 2 rings (SSSR count). The minimum absolute atomic E-state index is 0.165. The molecule has 1 atom stereocenters. The van der Waals surface area contributed by atoms with Gasteiger partial charge in [0.25, 0.3) is 5.56 Å². The first-order valence-corrected chi connectivity index (χ1v) is 8.21. The molecule has 0 saturated heterocycles. The fourth-order valence-corrected chi connectivity index (χ4v) is 2.61. The van der Waals surface area contributed by atoms with Crippen molar-refractivity contribution in [2.75, 3.05) is 0 Å². The van der Waals surface area contributed by atoms with E-state index in [1.165, 1.54) is 16.7 Å². The van der Waals surface area contributed by atoms with Crippen LogP contribution in [-0.2, 0) is 11.3 Å². The van der Waals surface area contributed by atoms with Crippen LogP contribution in [0.25, 0.3) is 0 Å². The third-order valence-electron chi connectivity index (χ3n) is 4.03. The fraction of sp³-hybridized carbons (Fsp3) is 0.316. The molecule has 1 amide bonds. The number of hydrogen-bond acceptors (Lipinski definition) is 3. The molecule has 0 saturated carbocycles. The number of carbonyl (C=O) groups is 2. The number of aromatic carboxylic acids is 1. The molecule has 0 aliphatic carbocycles. The van der Waals surface area contributed by atoms with Gasteiger partial charge in [0.05, 0.1) is 5.56 Å². The molecule has 1 heterocycles. The van der Waals surface area contributed by atoms with Gasteiger partial charge in [0.2, 0.25) is 5.91 Å². The van der Waals surface area contributed by atoms with Crippen LogP contribution in [0.15, 0.2) is 47.4 Å². The maximum atomic E-state index is 12.6. The van der Waals surface area contributed by atoms with Gasteiger partial charge < -0.3 is 15.0 Å². The van der Waals surface area contributed by atoms with Crippen molar-refractivity contribution in [3.05, 3.63) is 69.6 Å². The number of carboxylic acids is 1. The quantitative estimate of drug-likeness (QED) is 0.809. The Balaban J connectivity index is 2.11. The number of pyridine rings is 1. The monoisotopic (exact) mass is 342 g/mol. The summed E-state index contributed by atoms with van der Waals surface area (Å²) >= 11 is 0. The topological polar surface area (TPSA) is 88.4 Å². The van der Waals surface area contributed by atoms with Crippen LogP contribution in [0.3, 0.4) is 0 Å². The highest BCUT2D eigenvalue weighted by Gasteiger charge is 2.20. The van der Waals surface area contributed by atoms with Crippen LogP contribution in [0.5, 0.6) is 0 Å². The standard InChI is InChI=1S/C19H22N2O4/c1-3-5-16(21-11-4-6-13(2)18(21)23)17(22)20-12-14-7-9-15(10-8-14)19(24)25/h4,6-11,16H,3,5,12H2,1-2H3,(H,20,22)(H,24,25). The van der Waals surface area contributed by atoms with Gasteiger partial charge in [-0.05, 0) is 37.1 Å². The summed E-state index contributed by atoms with van der Waals surface area (Å²) in [7, 11) is 0. The maximum Gasteiger partial charge on any atom is 0.335 e. The summed E-state index contributed by atoms with van der Waals surface area (Å²) in [5.41, 5.74) is 1.43. The van der Waals surface area contributed by atoms with Crippen LogP contribution in [-0.4, -0.2) is 21.6 Å². The van der Waals surface area contributed by atoms with E-state index in [1.54, 1.807) is 37.4 Å². The highest BCUT2D eigenvalue weighted by Crippen LogP contribution is 2.13.